The van der Waals surface area contributed by atoms with Gasteiger partial charge in [0.05, 0.1) is 0 Å². The highest BCUT2D eigenvalue weighted by Gasteiger charge is 2.17. The summed E-state index contributed by atoms with van der Waals surface area (Å²) in [6.07, 6.45) is 11.3. The van der Waals surface area contributed by atoms with Gasteiger partial charge in [0.1, 0.15) is 12.4 Å². The van der Waals surface area contributed by atoms with Gasteiger partial charge in [0.2, 0.25) is 0 Å². The second kappa shape index (κ2) is 4.96. The maximum atomic E-state index is 11.6. The number of hydrogen-bond donors (Lipinski definition) is 0. The lowest BCUT2D eigenvalue weighted by Gasteiger charge is -2.14. The number of imidazole rings is 1. The van der Waals surface area contributed by atoms with Gasteiger partial charge in [-0.1, -0.05) is 12.8 Å². The Hall–Kier alpha value is -1.32. The number of carbonyl (C=O) groups excluding carboxylic acids is 1. The van der Waals surface area contributed by atoms with E-state index in [-0.39, 0.29) is 12.2 Å². The quantitative estimate of drug-likeness (QED) is 0.666. The van der Waals surface area contributed by atoms with Crippen LogP contribution in [0.2, 0.25) is 0 Å². The lowest BCUT2D eigenvalue weighted by Crippen LogP contribution is -2.20. The van der Waals surface area contributed by atoms with Crippen LogP contribution in [0, 0.1) is 0 Å². The molecule has 1 fully saturated rings. The van der Waals surface area contributed by atoms with Gasteiger partial charge in [0, 0.05) is 12.4 Å². The lowest BCUT2D eigenvalue weighted by molar-refractivity contribution is 0.0900. The summed E-state index contributed by atoms with van der Waals surface area (Å²) in [5.74, 6) is 0. The number of nitrogens with zero attached hydrogens (tertiary/aromatic N) is 2. The number of ether oxygens (including phenoxy) is 1. The molecule has 0 unspecified atom stereocenters. The van der Waals surface area contributed by atoms with E-state index >= 15 is 0 Å². The van der Waals surface area contributed by atoms with E-state index in [9.17, 15) is 4.79 Å². The minimum atomic E-state index is -0.306. The van der Waals surface area contributed by atoms with Gasteiger partial charge in [-0.15, -0.1) is 0 Å². The van der Waals surface area contributed by atoms with Gasteiger partial charge in [0.25, 0.3) is 0 Å². The summed E-state index contributed by atoms with van der Waals surface area (Å²) in [5.41, 5.74) is 0. The molecule has 1 aliphatic rings. The monoisotopic (exact) mass is 208 g/mol. The van der Waals surface area contributed by atoms with Crippen molar-refractivity contribution in [3.63, 3.8) is 0 Å². The normalized spacial score (nSPS) is 18.4. The predicted octanol–water partition coefficient (Wildman–Crippen LogP) is 2.59. The van der Waals surface area contributed by atoms with Crippen LogP contribution < -0.4 is 0 Å². The first-order valence-electron chi connectivity index (χ1n) is 5.55. The Kier molecular flexibility index (Phi) is 3.37. The molecule has 0 aliphatic heterocycles. The zero-order valence-electron chi connectivity index (χ0n) is 8.76. The molecule has 0 spiro atoms. The number of hydrogen-bond acceptors (Lipinski definition) is 3. The van der Waals surface area contributed by atoms with Crippen molar-refractivity contribution < 1.29 is 9.53 Å². The molecule has 0 atom stereocenters. The Morgan fingerprint density at radius 1 is 1.27 bits per heavy atom. The predicted molar refractivity (Wildman–Crippen MR) is 55.6 cm³/mol. The summed E-state index contributed by atoms with van der Waals surface area (Å²) in [5, 5.41) is 0. The zero-order valence-corrected chi connectivity index (χ0v) is 8.76. The minimum absolute atomic E-state index is 0.0994. The van der Waals surface area contributed by atoms with Gasteiger partial charge in [-0.25, -0.2) is 14.3 Å². The molecule has 0 N–H and O–H groups in total. The number of aromatic nitrogens is 2. The van der Waals surface area contributed by atoms with Crippen molar-refractivity contribution >= 4 is 6.09 Å². The van der Waals surface area contributed by atoms with E-state index in [2.05, 4.69) is 4.98 Å². The van der Waals surface area contributed by atoms with E-state index in [0.29, 0.717) is 0 Å². The molecule has 0 aromatic carbocycles. The molecule has 1 aromatic heterocycles. The molecule has 82 valence electrons. The third-order valence-corrected chi connectivity index (χ3v) is 2.78. The summed E-state index contributed by atoms with van der Waals surface area (Å²) >= 11 is 0. The third-order valence-electron chi connectivity index (χ3n) is 2.78. The number of carbonyl (C=O) groups is 1. The van der Waals surface area contributed by atoms with Crippen LogP contribution in [-0.2, 0) is 4.74 Å². The van der Waals surface area contributed by atoms with Crippen LogP contribution in [0.5, 0.6) is 0 Å². The van der Waals surface area contributed by atoms with Gasteiger partial charge in [-0.3, -0.25) is 0 Å². The van der Waals surface area contributed by atoms with E-state index in [0.717, 1.165) is 12.8 Å². The van der Waals surface area contributed by atoms with Crippen molar-refractivity contribution in [2.24, 2.45) is 0 Å². The molecule has 1 aromatic rings. The average Bonchev–Trinajstić information content (AvgIpc) is 2.65. The fourth-order valence-electron chi connectivity index (χ4n) is 1.93. The Bertz CT molecular complexity index is 300. The molecule has 1 heterocycles. The van der Waals surface area contributed by atoms with Crippen LogP contribution in [0.4, 0.5) is 4.79 Å². The van der Waals surface area contributed by atoms with E-state index in [1.807, 2.05) is 0 Å². The van der Waals surface area contributed by atoms with Crippen LogP contribution in [0.3, 0.4) is 0 Å². The van der Waals surface area contributed by atoms with Crippen LogP contribution in [0.25, 0.3) is 0 Å². The summed E-state index contributed by atoms with van der Waals surface area (Å²) in [7, 11) is 0. The van der Waals surface area contributed by atoms with Crippen LogP contribution in [0.1, 0.15) is 38.5 Å². The fourth-order valence-corrected chi connectivity index (χ4v) is 1.93. The molecule has 0 amide bonds. The first-order valence-corrected chi connectivity index (χ1v) is 5.55. The Morgan fingerprint density at radius 3 is 2.60 bits per heavy atom. The highest BCUT2D eigenvalue weighted by molar-refractivity contribution is 5.70. The first kappa shape index (κ1) is 10.2. The Morgan fingerprint density at radius 2 is 2.00 bits per heavy atom. The maximum Gasteiger partial charge on any atom is 0.419 e. The summed E-state index contributed by atoms with van der Waals surface area (Å²) in [6.45, 7) is 0. The second-order valence-electron chi connectivity index (χ2n) is 3.97. The van der Waals surface area contributed by atoms with Gasteiger partial charge in [0.15, 0.2) is 0 Å². The standard InChI is InChI=1S/C11H16N2O2/c14-11(13-8-7-12-9-13)15-10-5-3-1-2-4-6-10/h7-10H,1-6H2. The molecule has 0 bridgehead atoms. The molecule has 0 saturated heterocycles. The van der Waals surface area contributed by atoms with Gasteiger partial charge < -0.3 is 4.74 Å². The van der Waals surface area contributed by atoms with Crippen molar-refractivity contribution in [1.29, 1.82) is 0 Å². The van der Waals surface area contributed by atoms with Crippen LogP contribution in [-0.4, -0.2) is 21.7 Å². The summed E-state index contributed by atoms with van der Waals surface area (Å²) < 4.78 is 6.78. The second-order valence-corrected chi connectivity index (χ2v) is 3.97. The topological polar surface area (TPSA) is 44.1 Å². The largest absolute Gasteiger partial charge is 0.446 e. The third kappa shape index (κ3) is 2.81. The van der Waals surface area contributed by atoms with Crippen molar-refractivity contribution in [2.45, 2.75) is 44.6 Å². The highest BCUT2D eigenvalue weighted by atomic mass is 16.6. The Labute approximate surface area is 89.3 Å². The van der Waals surface area contributed by atoms with E-state index in [1.54, 1.807) is 12.4 Å². The Balaban J connectivity index is 1.87. The van der Waals surface area contributed by atoms with Crippen molar-refractivity contribution in [3.8, 4) is 0 Å². The molecule has 1 aliphatic carbocycles. The van der Waals surface area contributed by atoms with Gasteiger partial charge in [-0.2, -0.15) is 0 Å². The van der Waals surface area contributed by atoms with Crippen molar-refractivity contribution in [2.75, 3.05) is 0 Å². The minimum Gasteiger partial charge on any atom is -0.446 e. The SMILES string of the molecule is O=C(OC1CCCCCC1)n1ccnc1. The summed E-state index contributed by atoms with van der Waals surface area (Å²) in [6, 6.07) is 0. The van der Waals surface area contributed by atoms with Gasteiger partial charge in [-0.05, 0) is 25.7 Å². The molecule has 4 nitrogen and oxygen atoms in total. The van der Waals surface area contributed by atoms with Gasteiger partial charge >= 0.3 is 6.09 Å². The lowest BCUT2D eigenvalue weighted by atomic mass is 10.2. The van der Waals surface area contributed by atoms with E-state index in [4.69, 9.17) is 4.74 Å². The number of rotatable bonds is 1. The summed E-state index contributed by atoms with van der Waals surface area (Å²) in [4.78, 5) is 15.4. The maximum absolute atomic E-state index is 11.6. The van der Waals surface area contributed by atoms with Crippen molar-refractivity contribution in [1.82, 2.24) is 9.55 Å². The van der Waals surface area contributed by atoms with Crippen molar-refractivity contribution in [3.05, 3.63) is 18.7 Å². The van der Waals surface area contributed by atoms with Crippen LogP contribution >= 0.6 is 0 Å². The molecule has 1 saturated carbocycles. The first-order chi connectivity index (χ1) is 7.36. The highest BCUT2D eigenvalue weighted by Crippen LogP contribution is 2.20. The average molecular weight is 208 g/mol. The molecule has 0 radical (unpaired) electrons. The molecule has 15 heavy (non-hydrogen) atoms. The smallest absolute Gasteiger partial charge is 0.419 e. The molecule has 2 rings (SSSR count). The molecule has 4 heteroatoms. The zero-order chi connectivity index (χ0) is 10.5. The molecular formula is C11H16N2O2. The van der Waals surface area contributed by atoms with E-state index < -0.39 is 0 Å². The molecular weight excluding hydrogens is 192 g/mol. The van der Waals surface area contributed by atoms with Crippen LogP contribution in [0.15, 0.2) is 18.7 Å². The fraction of sp³-hybridized carbons (Fsp3) is 0.636. The van der Waals surface area contributed by atoms with E-state index in [1.165, 1.54) is 36.6 Å².